The van der Waals surface area contributed by atoms with Crippen molar-refractivity contribution >= 4 is 19.8 Å². The molecule has 0 heterocycles. The van der Waals surface area contributed by atoms with E-state index in [2.05, 4.69) is 38.2 Å². The molecular weight excluding hydrogens is 808 g/mol. The maximum atomic E-state index is 12.6. The molecule has 0 aromatic rings. The first kappa shape index (κ1) is 61.5. The molecule has 0 saturated carbocycles. The number of esters is 2. The lowest BCUT2D eigenvalue weighted by atomic mass is 10.0. The van der Waals surface area contributed by atoms with E-state index >= 15 is 0 Å². The lowest BCUT2D eigenvalue weighted by Crippen LogP contribution is -2.29. The SMILES string of the molecule is CCCCCCC/C=C\C/C=C\CCCCCCCCCCCCCC(=O)OC(COC(=O)CCCCCCCCCCCCCCCCCCCCCC)COP(=O)(O)OCC. The summed E-state index contributed by atoms with van der Waals surface area (Å²) in [5.74, 6) is -0.783. The van der Waals surface area contributed by atoms with Crippen molar-refractivity contribution in [2.24, 2.45) is 0 Å². The summed E-state index contributed by atoms with van der Waals surface area (Å²) in [6.45, 7) is 5.53. The van der Waals surface area contributed by atoms with E-state index in [1.807, 2.05) is 0 Å². The number of phosphoric acid groups is 1. The lowest BCUT2D eigenvalue weighted by molar-refractivity contribution is -0.161. The van der Waals surface area contributed by atoms with E-state index in [9.17, 15) is 19.0 Å². The quantitative estimate of drug-likeness (QED) is 0.0278. The predicted molar refractivity (Wildman–Crippen MR) is 267 cm³/mol. The van der Waals surface area contributed by atoms with Gasteiger partial charge in [-0.2, -0.15) is 0 Å². The summed E-state index contributed by atoms with van der Waals surface area (Å²) in [7, 11) is -4.28. The van der Waals surface area contributed by atoms with E-state index in [4.69, 9.17) is 18.5 Å². The summed E-state index contributed by atoms with van der Waals surface area (Å²) >= 11 is 0. The zero-order chi connectivity index (χ0) is 46.0. The number of allylic oxidation sites excluding steroid dienone is 4. The third-order valence-electron chi connectivity index (χ3n) is 12.0. The standard InChI is InChI=1S/C54H103O8P/c1-4-7-9-11-13-15-17-19-21-23-25-27-28-29-31-33-35-37-39-41-43-45-47-49-54(56)62-52(51-61-63(57,58)60-6-3)50-59-53(55)48-46-44-42-40-38-36-34-32-30-26-24-22-20-18-16-14-12-10-8-5-2/h17,19,23,25,52H,4-16,18,20-22,24,26-51H2,1-3H3,(H,57,58)/b19-17-,25-23-. The summed E-state index contributed by atoms with van der Waals surface area (Å²) < 4.78 is 32.9. The van der Waals surface area contributed by atoms with Crippen LogP contribution in [0.4, 0.5) is 0 Å². The monoisotopic (exact) mass is 911 g/mol. The molecule has 0 saturated heterocycles. The van der Waals surface area contributed by atoms with Crippen molar-refractivity contribution in [3.8, 4) is 0 Å². The Balaban J connectivity index is 3.92. The Bertz CT molecular complexity index is 1080. The molecule has 0 aliphatic carbocycles. The topological polar surface area (TPSA) is 108 Å². The average Bonchev–Trinajstić information content (AvgIpc) is 3.26. The molecule has 372 valence electrons. The first-order valence-electron chi connectivity index (χ1n) is 27.1. The minimum Gasteiger partial charge on any atom is -0.462 e. The van der Waals surface area contributed by atoms with Crippen LogP contribution in [0.3, 0.4) is 0 Å². The molecule has 0 aliphatic heterocycles. The molecule has 8 nitrogen and oxygen atoms in total. The van der Waals surface area contributed by atoms with Crippen molar-refractivity contribution in [2.75, 3.05) is 19.8 Å². The summed E-state index contributed by atoms with van der Waals surface area (Å²) in [6.07, 6.45) is 58.2. The molecule has 0 rings (SSSR count). The van der Waals surface area contributed by atoms with Crippen molar-refractivity contribution in [3.63, 3.8) is 0 Å². The number of ether oxygens (including phenoxy) is 2. The van der Waals surface area contributed by atoms with Gasteiger partial charge in [-0.3, -0.25) is 18.6 Å². The smallest absolute Gasteiger partial charge is 0.462 e. The van der Waals surface area contributed by atoms with Crippen LogP contribution in [0.1, 0.15) is 284 Å². The minimum absolute atomic E-state index is 0.00266. The number of unbranched alkanes of at least 4 members (excludes halogenated alkanes) is 35. The van der Waals surface area contributed by atoms with Crippen LogP contribution in [0, 0.1) is 0 Å². The lowest BCUT2D eigenvalue weighted by Gasteiger charge is -2.19. The zero-order valence-electron chi connectivity index (χ0n) is 41.8. The first-order chi connectivity index (χ1) is 30.8. The Morgan fingerprint density at radius 2 is 0.762 bits per heavy atom. The van der Waals surface area contributed by atoms with Gasteiger partial charge in [0.15, 0.2) is 6.10 Å². The third-order valence-corrected chi connectivity index (χ3v) is 13.1. The normalized spacial score (nSPS) is 13.3. The van der Waals surface area contributed by atoms with Crippen LogP contribution in [0.2, 0.25) is 0 Å². The Labute approximate surface area is 390 Å². The minimum atomic E-state index is -4.28. The van der Waals surface area contributed by atoms with Gasteiger partial charge in [0.05, 0.1) is 13.2 Å². The highest BCUT2D eigenvalue weighted by atomic mass is 31.2. The van der Waals surface area contributed by atoms with Crippen molar-refractivity contribution in [1.29, 1.82) is 0 Å². The average molecular weight is 911 g/mol. The van der Waals surface area contributed by atoms with Crippen LogP contribution >= 0.6 is 7.82 Å². The molecule has 2 unspecified atom stereocenters. The summed E-state index contributed by atoms with van der Waals surface area (Å²) in [6, 6.07) is 0. The van der Waals surface area contributed by atoms with Gasteiger partial charge in [-0.05, 0) is 51.9 Å². The van der Waals surface area contributed by atoms with Crippen LogP contribution < -0.4 is 0 Å². The van der Waals surface area contributed by atoms with Crippen molar-refractivity contribution in [1.82, 2.24) is 0 Å². The zero-order valence-corrected chi connectivity index (χ0v) is 42.6. The van der Waals surface area contributed by atoms with E-state index in [-0.39, 0.29) is 32.2 Å². The maximum absolute atomic E-state index is 12.6. The van der Waals surface area contributed by atoms with Crippen LogP contribution in [0.25, 0.3) is 0 Å². The van der Waals surface area contributed by atoms with E-state index in [1.165, 1.54) is 205 Å². The van der Waals surface area contributed by atoms with E-state index in [1.54, 1.807) is 6.92 Å². The molecule has 0 spiro atoms. The number of carbonyl (C=O) groups excluding carboxylic acids is 2. The molecule has 1 N–H and O–H groups in total. The molecule has 0 aliphatic rings. The second-order valence-electron chi connectivity index (χ2n) is 18.3. The second kappa shape index (κ2) is 50.0. The van der Waals surface area contributed by atoms with Gasteiger partial charge >= 0.3 is 19.8 Å². The summed E-state index contributed by atoms with van der Waals surface area (Å²) in [4.78, 5) is 35.0. The van der Waals surface area contributed by atoms with Crippen LogP contribution in [0.5, 0.6) is 0 Å². The molecule has 0 aromatic carbocycles. The van der Waals surface area contributed by atoms with Gasteiger partial charge in [0.25, 0.3) is 0 Å². The van der Waals surface area contributed by atoms with Crippen LogP contribution in [0.15, 0.2) is 24.3 Å². The van der Waals surface area contributed by atoms with Crippen molar-refractivity contribution in [3.05, 3.63) is 24.3 Å². The fourth-order valence-electron chi connectivity index (χ4n) is 8.02. The molecule has 0 bridgehead atoms. The first-order valence-corrected chi connectivity index (χ1v) is 28.6. The number of carbonyl (C=O) groups is 2. The van der Waals surface area contributed by atoms with Crippen LogP contribution in [-0.2, 0) is 32.7 Å². The Morgan fingerprint density at radius 3 is 1.13 bits per heavy atom. The molecular formula is C54H103O8P. The number of phosphoric ester groups is 1. The van der Waals surface area contributed by atoms with Crippen LogP contribution in [-0.4, -0.2) is 42.8 Å². The Morgan fingerprint density at radius 1 is 0.429 bits per heavy atom. The maximum Gasteiger partial charge on any atom is 0.472 e. The number of hydrogen-bond donors (Lipinski definition) is 1. The molecule has 0 aromatic heterocycles. The van der Waals surface area contributed by atoms with Gasteiger partial charge in [-0.25, -0.2) is 4.57 Å². The van der Waals surface area contributed by atoms with Gasteiger partial charge in [0, 0.05) is 12.8 Å². The van der Waals surface area contributed by atoms with E-state index in [0.29, 0.717) is 12.8 Å². The highest BCUT2D eigenvalue weighted by Crippen LogP contribution is 2.43. The molecule has 0 amide bonds. The van der Waals surface area contributed by atoms with Gasteiger partial charge in [-0.15, -0.1) is 0 Å². The number of rotatable bonds is 51. The molecule has 0 fully saturated rings. The summed E-state index contributed by atoms with van der Waals surface area (Å²) in [5.41, 5.74) is 0. The molecule has 63 heavy (non-hydrogen) atoms. The van der Waals surface area contributed by atoms with E-state index in [0.717, 1.165) is 38.5 Å². The predicted octanol–water partition coefficient (Wildman–Crippen LogP) is 17.7. The van der Waals surface area contributed by atoms with Gasteiger partial charge in [0.2, 0.25) is 0 Å². The molecule has 9 heteroatoms. The Hall–Kier alpha value is -1.47. The highest BCUT2D eigenvalue weighted by Gasteiger charge is 2.25. The van der Waals surface area contributed by atoms with Crippen molar-refractivity contribution < 1.29 is 37.6 Å². The summed E-state index contributed by atoms with van der Waals surface area (Å²) in [5, 5.41) is 0. The Kier molecular flexibility index (Phi) is 48.8. The largest absolute Gasteiger partial charge is 0.472 e. The van der Waals surface area contributed by atoms with Gasteiger partial charge < -0.3 is 14.4 Å². The molecule has 0 radical (unpaired) electrons. The van der Waals surface area contributed by atoms with Crippen molar-refractivity contribution in [2.45, 2.75) is 290 Å². The van der Waals surface area contributed by atoms with E-state index < -0.39 is 19.9 Å². The number of hydrogen-bond acceptors (Lipinski definition) is 7. The fraction of sp³-hybridized carbons (Fsp3) is 0.889. The second-order valence-corrected chi connectivity index (χ2v) is 19.7. The molecule has 2 atom stereocenters. The van der Waals surface area contributed by atoms with Gasteiger partial charge in [-0.1, -0.05) is 244 Å². The highest BCUT2D eigenvalue weighted by molar-refractivity contribution is 7.47. The third kappa shape index (κ3) is 49.8. The van der Waals surface area contributed by atoms with Gasteiger partial charge in [0.1, 0.15) is 6.61 Å². The fourth-order valence-corrected chi connectivity index (χ4v) is 8.77.